The van der Waals surface area contributed by atoms with Gasteiger partial charge in [0, 0.05) is 25.2 Å². The molecule has 3 fully saturated rings. The Morgan fingerprint density at radius 1 is 0.941 bits per heavy atom. The Morgan fingerprint density at radius 2 is 1.88 bits per heavy atom. The fraction of sp³-hybridized carbons (Fsp3) is 0.867. The molecule has 2 heteroatoms. The summed E-state index contributed by atoms with van der Waals surface area (Å²) in [5, 5.41) is 0. The molecule has 0 amide bonds. The molecular formula is C15H24N2. The summed E-state index contributed by atoms with van der Waals surface area (Å²) in [4.78, 5) is 5.53. The minimum Gasteiger partial charge on any atom is -0.374 e. The number of fused-ring (bicyclic) bond motifs is 6. The number of piperidine rings is 3. The molecule has 4 heterocycles. The zero-order valence-electron chi connectivity index (χ0n) is 10.7. The number of hydrogen-bond acceptors (Lipinski definition) is 2. The lowest BCUT2D eigenvalue weighted by Crippen LogP contribution is -2.61. The fourth-order valence-corrected chi connectivity index (χ4v) is 4.90. The van der Waals surface area contributed by atoms with Gasteiger partial charge in [-0.15, -0.1) is 0 Å². The van der Waals surface area contributed by atoms with Crippen molar-refractivity contribution in [2.24, 2.45) is 11.8 Å². The first kappa shape index (κ1) is 10.4. The van der Waals surface area contributed by atoms with Gasteiger partial charge in [0.05, 0.1) is 0 Å². The standard InChI is InChI=1S/C15H24N2/c1-3-7-16-11-13-9-12(14(16)5-1)10-17-8-4-2-6-15(13)17/h3,7,12-15H,1-2,4-6,8-11H2/t12-,13-,14-,15+/m1/s1. The molecule has 3 saturated heterocycles. The molecule has 0 radical (unpaired) electrons. The molecule has 4 rings (SSSR count). The first-order valence-corrected chi connectivity index (χ1v) is 7.58. The lowest BCUT2D eigenvalue weighted by molar-refractivity contribution is -0.0495. The Kier molecular flexibility index (Phi) is 2.46. The molecule has 0 saturated carbocycles. The highest BCUT2D eigenvalue weighted by Gasteiger charge is 2.45. The molecule has 17 heavy (non-hydrogen) atoms. The van der Waals surface area contributed by atoms with Gasteiger partial charge < -0.3 is 4.90 Å². The summed E-state index contributed by atoms with van der Waals surface area (Å²) in [6.45, 7) is 4.13. The Hall–Kier alpha value is -0.500. The van der Waals surface area contributed by atoms with Crippen LogP contribution in [0.4, 0.5) is 0 Å². The first-order valence-electron chi connectivity index (χ1n) is 7.58. The molecule has 4 atom stereocenters. The minimum absolute atomic E-state index is 0.874. The molecule has 0 aromatic carbocycles. The Balaban J connectivity index is 1.59. The molecule has 0 aromatic rings. The van der Waals surface area contributed by atoms with Crippen LogP contribution < -0.4 is 0 Å². The van der Waals surface area contributed by atoms with E-state index in [1.807, 2.05) is 0 Å². The summed E-state index contributed by atoms with van der Waals surface area (Å²) in [5.41, 5.74) is 0. The minimum atomic E-state index is 0.874. The molecule has 0 spiro atoms. The van der Waals surface area contributed by atoms with Gasteiger partial charge in [-0.2, -0.15) is 0 Å². The average molecular weight is 232 g/mol. The predicted octanol–water partition coefficient (Wildman–Crippen LogP) is 2.47. The van der Waals surface area contributed by atoms with Gasteiger partial charge >= 0.3 is 0 Å². The lowest BCUT2D eigenvalue weighted by Gasteiger charge is -2.56. The van der Waals surface area contributed by atoms with Crippen molar-refractivity contribution in [2.75, 3.05) is 19.6 Å². The van der Waals surface area contributed by atoms with Crippen molar-refractivity contribution in [1.29, 1.82) is 0 Å². The van der Waals surface area contributed by atoms with Crippen LogP contribution in [-0.4, -0.2) is 41.5 Å². The zero-order valence-corrected chi connectivity index (χ0v) is 10.7. The fourth-order valence-electron chi connectivity index (χ4n) is 4.90. The highest BCUT2D eigenvalue weighted by atomic mass is 15.2. The van der Waals surface area contributed by atoms with E-state index in [-0.39, 0.29) is 0 Å². The van der Waals surface area contributed by atoms with Gasteiger partial charge in [-0.05, 0) is 56.7 Å². The van der Waals surface area contributed by atoms with Crippen molar-refractivity contribution < 1.29 is 0 Å². The largest absolute Gasteiger partial charge is 0.374 e. The second-order valence-corrected chi connectivity index (χ2v) is 6.54. The van der Waals surface area contributed by atoms with E-state index in [0.29, 0.717) is 0 Å². The normalized spacial score (nSPS) is 45.3. The third-order valence-electron chi connectivity index (χ3n) is 5.62. The van der Waals surface area contributed by atoms with Crippen LogP contribution in [0.1, 0.15) is 38.5 Å². The predicted molar refractivity (Wildman–Crippen MR) is 69.7 cm³/mol. The van der Waals surface area contributed by atoms with Crippen molar-refractivity contribution >= 4 is 0 Å². The Labute approximate surface area is 105 Å². The molecule has 0 aromatic heterocycles. The van der Waals surface area contributed by atoms with Crippen LogP contribution in [0.5, 0.6) is 0 Å². The van der Waals surface area contributed by atoms with E-state index < -0.39 is 0 Å². The van der Waals surface area contributed by atoms with Crippen LogP contribution in [0.15, 0.2) is 12.3 Å². The number of allylic oxidation sites excluding steroid dienone is 1. The van der Waals surface area contributed by atoms with Crippen molar-refractivity contribution in [1.82, 2.24) is 9.80 Å². The van der Waals surface area contributed by atoms with Crippen molar-refractivity contribution in [3.63, 3.8) is 0 Å². The van der Waals surface area contributed by atoms with Crippen LogP contribution in [0.3, 0.4) is 0 Å². The maximum Gasteiger partial charge on any atom is 0.0327 e. The van der Waals surface area contributed by atoms with E-state index in [1.165, 1.54) is 58.2 Å². The highest BCUT2D eigenvalue weighted by Crippen LogP contribution is 2.42. The van der Waals surface area contributed by atoms with Crippen LogP contribution >= 0.6 is 0 Å². The van der Waals surface area contributed by atoms with Gasteiger partial charge in [0.1, 0.15) is 0 Å². The molecule has 2 bridgehead atoms. The number of rotatable bonds is 0. The summed E-state index contributed by atoms with van der Waals surface area (Å²) in [6, 6.07) is 1.80. The van der Waals surface area contributed by atoms with Gasteiger partial charge in [-0.3, -0.25) is 4.90 Å². The van der Waals surface area contributed by atoms with Crippen LogP contribution in [-0.2, 0) is 0 Å². The van der Waals surface area contributed by atoms with E-state index in [4.69, 9.17) is 0 Å². The van der Waals surface area contributed by atoms with Gasteiger partial charge in [0.2, 0.25) is 0 Å². The molecule has 0 unspecified atom stereocenters. The second kappa shape index (κ2) is 4.01. The topological polar surface area (TPSA) is 6.48 Å². The highest BCUT2D eigenvalue weighted by molar-refractivity contribution is 5.05. The van der Waals surface area contributed by atoms with Gasteiger partial charge in [0.15, 0.2) is 0 Å². The molecule has 0 aliphatic carbocycles. The average Bonchev–Trinajstić information content (AvgIpc) is 2.39. The molecule has 4 aliphatic rings. The molecular weight excluding hydrogens is 208 g/mol. The summed E-state index contributed by atoms with van der Waals surface area (Å²) >= 11 is 0. The third-order valence-corrected chi connectivity index (χ3v) is 5.62. The van der Waals surface area contributed by atoms with Crippen molar-refractivity contribution in [3.8, 4) is 0 Å². The summed E-state index contributed by atoms with van der Waals surface area (Å²) in [7, 11) is 0. The molecule has 0 N–H and O–H groups in total. The molecule has 2 nitrogen and oxygen atoms in total. The van der Waals surface area contributed by atoms with Crippen LogP contribution in [0.2, 0.25) is 0 Å². The third kappa shape index (κ3) is 1.64. The number of nitrogens with zero attached hydrogens (tertiary/aromatic N) is 2. The Morgan fingerprint density at radius 3 is 2.88 bits per heavy atom. The summed E-state index contributed by atoms with van der Waals surface area (Å²) in [6.07, 6.45) is 13.4. The van der Waals surface area contributed by atoms with E-state index in [0.717, 1.165) is 23.9 Å². The van der Waals surface area contributed by atoms with E-state index in [1.54, 1.807) is 0 Å². The van der Waals surface area contributed by atoms with E-state index >= 15 is 0 Å². The maximum absolute atomic E-state index is 2.85. The SMILES string of the molecule is C1=CN2C[C@H]3C[C@H](CN4CCCC[C@@H]34)[C@H]2CC1. The van der Waals surface area contributed by atoms with Crippen LogP contribution in [0, 0.1) is 11.8 Å². The van der Waals surface area contributed by atoms with Crippen molar-refractivity contribution in [3.05, 3.63) is 12.3 Å². The zero-order chi connectivity index (χ0) is 11.2. The monoisotopic (exact) mass is 232 g/mol. The van der Waals surface area contributed by atoms with Gasteiger partial charge in [-0.1, -0.05) is 12.5 Å². The maximum atomic E-state index is 2.85. The van der Waals surface area contributed by atoms with Crippen molar-refractivity contribution in [2.45, 2.75) is 50.6 Å². The van der Waals surface area contributed by atoms with E-state index in [9.17, 15) is 0 Å². The molecule has 94 valence electrons. The number of hydrogen-bond donors (Lipinski definition) is 0. The van der Waals surface area contributed by atoms with Gasteiger partial charge in [-0.25, -0.2) is 0 Å². The van der Waals surface area contributed by atoms with Crippen LogP contribution in [0.25, 0.3) is 0 Å². The summed E-state index contributed by atoms with van der Waals surface area (Å²) in [5.74, 6) is 1.93. The Bertz CT molecular complexity index is 325. The van der Waals surface area contributed by atoms with Gasteiger partial charge in [0.25, 0.3) is 0 Å². The summed E-state index contributed by atoms with van der Waals surface area (Å²) < 4.78 is 0. The molecule has 4 aliphatic heterocycles. The quantitative estimate of drug-likeness (QED) is 0.633. The van der Waals surface area contributed by atoms with E-state index in [2.05, 4.69) is 22.1 Å². The lowest BCUT2D eigenvalue weighted by atomic mass is 9.71. The smallest absolute Gasteiger partial charge is 0.0327 e. The second-order valence-electron chi connectivity index (χ2n) is 6.54. The first-order chi connectivity index (χ1) is 8.42.